The van der Waals surface area contributed by atoms with Gasteiger partial charge in [0.2, 0.25) is 0 Å². The van der Waals surface area contributed by atoms with E-state index < -0.39 is 0 Å². The lowest BCUT2D eigenvalue weighted by molar-refractivity contribution is 0.311. The van der Waals surface area contributed by atoms with Gasteiger partial charge in [-0.3, -0.25) is 0 Å². The average Bonchev–Trinajstić information content (AvgIpc) is 2.97. The number of benzene rings is 1. The number of aromatic nitrogens is 3. The number of para-hydroxylation sites is 1. The van der Waals surface area contributed by atoms with Crippen LogP contribution in [0.3, 0.4) is 0 Å². The fourth-order valence-electron chi connectivity index (χ4n) is 2.53. The highest BCUT2D eigenvalue weighted by Gasteiger charge is 2.04. The highest BCUT2D eigenvalue weighted by molar-refractivity contribution is 5.79. The number of likely N-dealkylation sites (N-methyl/N-ethyl adjacent to an activating group) is 1. The summed E-state index contributed by atoms with van der Waals surface area (Å²) in [4.78, 5) is 10.5. The molecule has 0 N–H and O–H groups in total. The van der Waals surface area contributed by atoms with Crippen molar-refractivity contribution in [3.63, 3.8) is 0 Å². The molecule has 5 nitrogen and oxygen atoms in total. The van der Waals surface area contributed by atoms with Crippen molar-refractivity contribution in [3.05, 3.63) is 54.5 Å². The summed E-state index contributed by atoms with van der Waals surface area (Å²) in [5.74, 6) is 0. The number of nitrogens with zero attached hydrogens (tertiary/aromatic N) is 4. The molecule has 3 aromatic rings. The van der Waals surface area contributed by atoms with Crippen LogP contribution >= 0.6 is 0 Å². The van der Waals surface area contributed by atoms with E-state index in [1.54, 1.807) is 7.11 Å². The maximum atomic E-state index is 4.97. The molecule has 1 aromatic carbocycles. The van der Waals surface area contributed by atoms with Crippen molar-refractivity contribution >= 4 is 10.9 Å². The standard InChI is InChI=1S/C17H20N4O/c1-20(13-14-11-18-17(22-2)19-12-14)9-10-21-8-7-15-5-3-4-6-16(15)21/h3-8,11-12H,9-10,13H2,1-2H3. The SMILES string of the molecule is COc1ncc(CN(C)CCn2ccc3ccccc32)cn1. The van der Waals surface area contributed by atoms with Crippen LogP contribution in [0.2, 0.25) is 0 Å². The van der Waals surface area contributed by atoms with Crippen LogP contribution < -0.4 is 4.74 Å². The molecule has 3 rings (SSSR count). The van der Waals surface area contributed by atoms with Crippen LogP contribution in [0.1, 0.15) is 5.56 Å². The summed E-state index contributed by atoms with van der Waals surface area (Å²) in [7, 11) is 3.68. The van der Waals surface area contributed by atoms with Crippen LogP contribution in [-0.2, 0) is 13.1 Å². The molecule has 0 fully saturated rings. The Hall–Kier alpha value is -2.40. The van der Waals surface area contributed by atoms with Crippen LogP contribution in [0.15, 0.2) is 48.9 Å². The van der Waals surface area contributed by atoms with E-state index >= 15 is 0 Å². The minimum Gasteiger partial charge on any atom is -0.467 e. The van der Waals surface area contributed by atoms with Crippen LogP contribution in [0.5, 0.6) is 6.01 Å². The molecule has 0 amide bonds. The summed E-state index contributed by atoms with van der Waals surface area (Å²) in [6.07, 6.45) is 5.77. The number of hydrogen-bond acceptors (Lipinski definition) is 4. The molecule has 2 aromatic heterocycles. The average molecular weight is 296 g/mol. The summed E-state index contributed by atoms with van der Waals surface area (Å²) in [6.45, 7) is 2.74. The molecule has 0 unspecified atom stereocenters. The second-order valence-electron chi connectivity index (χ2n) is 5.38. The van der Waals surface area contributed by atoms with Crippen molar-refractivity contribution < 1.29 is 4.74 Å². The molecule has 0 saturated carbocycles. The largest absolute Gasteiger partial charge is 0.467 e. The zero-order valence-corrected chi connectivity index (χ0v) is 12.9. The first-order valence-electron chi connectivity index (χ1n) is 7.33. The van der Waals surface area contributed by atoms with Crippen LogP contribution in [-0.4, -0.2) is 40.1 Å². The first-order chi connectivity index (χ1) is 10.8. The Morgan fingerprint density at radius 3 is 2.68 bits per heavy atom. The molecule has 0 aliphatic carbocycles. The number of hydrogen-bond donors (Lipinski definition) is 0. The van der Waals surface area contributed by atoms with Crippen molar-refractivity contribution in [1.29, 1.82) is 0 Å². The quantitative estimate of drug-likeness (QED) is 0.701. The highest BCUT2D eigenvalue weighted by Crippen LogP contribution is 2.15. The molecular formula is C17H20N4O. The van der Waals surface area contributed by atoms with Gasteiger partial charge in [0, 0.05) is 49.3 Å². The summed E-state index contributed by atoms with van der Waals surface area (Å²) >= 11 is 0. The Balaban J connectivity index is 1.58. The lowest BCUT2D eigenvalue weighted by Gasteiger charge is -2.17. The zero-order chi connectivity index (χ0) is 15.4. The fraction of sp³-hybridized carbons (Fsp3) is 0.294. The lowest BCUT2D eigenvalue weighted by atomic mass is 10.2. The third-order valence-electron chi connectivity index (χ3n) is 3.72. The Bertz CT molecular complexity index is 736. The summed E-state index contributed by atoms with van der Waals surface area (Å²) in [5, 5.41) is 1.29. The number of rotatable bonds is 6. The molecule has 5 heteroatoms. The van der Waals surface area contributed by atoms with E-state index in [0.717, 1.165) is 25.2 Å². The molecule has 0 spiro atoms. The van der Waals surface area contributed by atoms with Gasteiger partial charge in [-0.15, -0.1) is 0 Å². The van der Waals surface area contributed by atoms with Crippen LogP contribution in [0, 0.1) is 0 Å². The van der Waals surface area contributed by atoms with Gasteiger partial charge in [0.05, 0.1) is 7.11 Å². The molecule has 0 aliphatic rings. The zero-order valence-electron chi connectivity index (χ0n) is 12.9. The van der Waals surface area contributed by atoms with E-state index in [0.29, 0.717) is 6.01 Å². The molecule has 22 heavy (non-hydrogen) atoms. The van der Waals surface area contributed by atoms with Gasteiger partial charge in [0.15, 0.2) is 0 Å². The third-order valence-corrected chi connectivity index (χ3v) is 3.72. The molecule has 0 atom stereocenters. The Kier molecular flexibility index (Phi) is 4.34. The maximum absolute atomic E-state index is 4.97. The van der Waals surface area contributed by atoms with Gasteiger partial charge < -0.3 is 14.2 Å². The van der Waals surface area contributed by atoms with Crippen molar-refractivity contribution in [3.8, 4) is 6.01 Å². The van der Waals surface area contributed by atoms with Crippen molar-refractivity contribution in [2.45, 2.75) is 13.1 Å². The summed E-state index contributed by atoms with van der Waals surface area (Å²) in [5.41, 5.74) is 2.37. The molecule has 0 saturated heterocycles. The number of ether oxygens (including phenoxy) is 1. The molecule has 0 radical (unpaired) electrons. The van der Waals surface area contributed by atoms with E-state index in [2.05, 4.69) is 63.0 Å². The van der Waals surface area contributed by atoms with E-state index in [1.165, 1.54) is 10.9 Å². The topological polar surface area (TPSA) is 43.2 Å². The van der Waals surface area contributed by atoms with Crippen LogP contribution in [0.4, 0.5) is 0 Å². The van der Waals surface area contributed by atoms with Crippen molar-refractivity contribution in [2.75, 3.05) is 20.7 Å². The summed E-state index contributed by atoms with van der Waals surface area (Å²) < 4.78 is 7.26. The Labute approximate surface area is 130 Å². The predicted molar refractivity (Wildman–Crippen MR) is 86.9 cm³/mol. The number of methoxy groups -OCH3 is 1. The number of fused-ring (bicyclic) bond motifs is 1. The normalized spacial score (nSPS) is 11.2. The Morgan fingerprint density at radius 2 is 1.91 bits per heavy atom. The maximum Gasteiger partial charge on any atom is 0.316 e. The molecular weight excluding hydrogens is 276 g/mol. The van der Waals surface area contributed by atoms with Gasteiger partial charge in [-0.25, -0.2) is 9.97 Å². The van der Waals surface area contributed by atoms with Gasteiger partial charge in [0.25, 0.3) is 0 Å². The van der Waals surface area contributed by atoms with Crippen molar-refractivity contribution in [2.24, 2.45) is 0 Å². The van der Waals surface area contributed by atoms with E-state index in [-0.39, 0.29) is 0 Å². The van der Waals surface area contributed by atoms with Crippen molar-refractivity contribution in [1.82, 2.24) is 19.4 Å². The molecule has 2 heterocycles. The second kappa shape index (κ2) is 6.58. The fourth-order valence-corrected chi connectivity index (χ4v) is 2.53. The first kappa shape index (κ1) is 14.5. The third kappa shape index (κ3) is 3.26. The minimum absolute atomic E-state index is 0.408. The first-order valence-corrected chi connectivity index (χ1v) is 7.33. The smallest absolute Gasteiger partial charge is 0.316 e. The van der Waals surface area contributed by atoms with Gasteiger partial charge in [-0.05, 0) is 24.6 Å². The van der Waals surface area contributed by atoms with Gasteiger partial charge in [-0.2, -0.15) is 0 Å². The van der Waals surface area contributed by atoms with E-state index in [1.807, 2.05) is 12.4 Å². The van der Waals surface area contributed by atoms with E-state index in [4.69, 9.17) is 4.74 Å². The molecule has 0 aliphatic heterocycles. The van der Waals surface area contributed by atoms with Gasteiger partial charge in [0.1, 0.15) is 0 Å². The second-order valence-corrected chi connectivity index (χ2v) is 5.38. The Morgan fingerprint density at radius 1 is 1.14 bits per heavy atom. The molecule has 114 valence electrons. The van der Waals surface area contributed by atoms with E-state index in [9.17, 15) is 0 Å². The van der Waals surface area contributed by atoms with Gasteiger partial charge in [-0.1, -0.05) is 18.2 Å². The minimum atomic E-state index is 0.408. The lowest BCUT2D eigenvalue weighted by Crippen LogP contribution is -2.22. The molecule has 0 bridgehead atoms. The van der Waals surface area contributed by atoms with Crippen LogP contribution in [0.25, 0.3) is 10.9 Å². The summed E-state index contributed by atoms with van der Waals surface area (Å²) in [6, 6.07) is 11.0. The monoisotopic (exact) mass is 296 g/mol. The predicted octanol–water partition coefficient (Wildman–Crippen LogP) is 2.57. The van der Waals surface area contributed by atoms with Gasteiger partial charge >= 0.3 is 6.01 Å². The highest BCUT2D eigenvalue weighted by atomic mass is 16.5.